The van der Waals surface area contributed by atoms with Crippen molar-refractivity contribution in [1.82, 2.24) is 0 Å². The number of hydrogen-bond donors (Lipinski definition) is 0. The second-order valence-electron chi connectivity index (χ2n) is 3.05. The van der Waals surface area contributed by atoms with Crippen LogP contribution in [-0.4, -0.2) is 27.2 Å². The van der Waals surface area contributed by atoms with Crippen LogP contribution in [0.25, 0.3) is 0 Å². The molecule has 0 aliphatic heterocycles. The molecule has 14 heavy (non-hydrogen) atoms. The third-order valence-electron chi connectivity index (χ3n) is 1.85. The highest BCUT2D eigenvalue weighted by Crippen LogP contribution is 2.25. The summed E-state index contributed by atoms with van der Waals surface area (Å²) in [5, 5.41) is 0.614. The van der Waals surface area contributed by atoms with Gasteiger partial charge in [0.05, 0.1) is 23.4 Å². The number of halogens is 1. The van der Waals surface area contributed by atoms with Crippen molar-refractivity contribution in [1.29, 1.82) is 0 Å². The van der Waals surface area contributed by atoms with Gasteiger partial charge in [-0.25, -0.2) is 4.79 Å². The molecule has 0 fully saturated rings. The number of benzene rings is 1. The molecule has 0 bridgehead atoms. The predicted molar refractivity (Wildman–Crippen MR) is 57.1 cm³/mol. The molecular weight excluding hydrogens is 202 g/mol. The van der Waals surface area contributed by atoms with E-state index < -0.39 is 0 Å². The molecule has 0 aliphatic rings. The molecule has 0 heterocycles. The van der Waals surface area contributed by atoms with Gasteiger partial charge in [0, 0.05) is 14.1 Å². The number of carbonyl (C=O) groups excluding carboxylic acids is 1. The summed E-state index contributed by atoms with van der Waals surface area (Å²) in [6.07, 6.45) is 0. The fourth-order valence-electron chi connectivity index (χ4n) is 1.10. The molecule has 0 aromatic heterocycles. The Balaban J connectivity index is 3.13. The van der Waals surface area contributed by atoms with Crippen LogP contribution in [0.15, 0.2) is 18.2 Å². The maximum Gasteiger partial charge on any atom is 0.337 e. The summed E-state index contributed by atoms with van der Waals surface area (Å²) >= 11 is 5.95. The summed E-state index contributed by atoms with van der Waals surface area (Å²) < 4.78 is 4.61. The zero-order chi connectivity index (χ0) is 10.7. The van der Waals surface area contributed by atoms with Crippen molar-refractivity contribution < 1.29 is 9.53 Å². The molecule has 0 saturated carbocycles. The van der Waals surface area contributed by atoms with Gasteiger partial charge in [-0.3, -0.25) is 0 Å². The number of nitrogens with zero attached hydrogens (tertiary/aromatic N) is 1. The lowest BCUT2D eigenvalue weighted by molar-refractivity contribution is 0.0601. The lowest BCUT2D eigenvalue weighted by atomic mass is 10.2. The Morgan fingerprint density at radius 1 is 1.43 bits per heavy atom. The molecule has 1 rings (SSSR count). The number of rotatable bonds is 2. The van der Waals surface area contributed by atoms with E-state index in [0.29, 0.717) is 10.6 Å². The summed E-state index contributed by atoms with van der Waals surface area (Å²) in [7, 11) is 5.08. The van der Waals surface area contributed by atoms with E-state index >= 15 is 0 Å². The molecule has 0 spiro atoms. The zero-order valence-electron chi connectivity index (χ0n) is 8.37. The van der Waals surface area contributed by atoms with E-state index in [1.807, 2.05) is 19.0 Å². The van der Waals surface area contributed by atoms with Gasteiger partial charge < -0.3 is 9.64 Å². The Kier molecular flexibility index (Phi) is 3.36. The van der Waals surface area contributed by atoms with Gasteiger partial charge in [-0.05, 0) is 18.2 Å². The molecule has 0 saturated heterocycles. The van der Waals surface area contributed by atoms with E-state index in [1.54, 1.807) is 18.2 Å². The third-order valence-corrected chi connectivity index (χ3v) is 2.17. The Hall–Kier alpha value is -1.22. The smallest absolute Gasteiger partial charge is 0.337 e. The van der Waals surface area contributed by atoms with E-state index in [2.05, 4.69) is 4.74 Å². The standard InChI is InChI=1S/C10H12ClNO2/c1-12(2)9-6-7(10(13)14-3)4-5-8(9)11/h4-6H,1-3H3. The van der Waals surface area contributed by atoms with Crippen LogP contribution in [0.2, 0.25) is 5.02 Å². The normalized spacial score (nSPS) is 9.71. The van der Waals surface area contributed by atoms with Crippen LogP contribution in [-0.2, 0) is 4.74 Å². The van der Waals surface area contributed by atoms with Gasteiger partial charge in [-0.2, -0.15) is 0 Å². The van der Waals surface area contributed by atoms with Crippen molar-refractivity contribution in [2.24, 2.45) is 0 Å². The third kappa shape index (κ3) is 2.17. The van der Waals surface area contributed by atoms with Crippen molar-refractivity contribution >= 4 is 23.3 Å². The highest BCUT2D eigenvalue weighted by molar-refractivity contribution is 6.33. The highest BCUT2D eigenvalue weighted by atomic mass is 35.5. The van der Waals surface area contributed by atoms with Gasteiger partial charge in [-0.15, -0.1) is 0 Å². The van der Waals surface area contributed by atoms with Crippen molar-refractivity contribution in [3.05, 3.63) is 28.8 Å². The number of ether oxygens (including phenoxy) is 1. The summed E-state index contributed by atoms with van der Waals surface area (Å²) in [5.41, 5.74) is 1.30. The monoisotopic (exact) mass is 213 g/mol. The maximum absolute atomic E-state index is 11.2. The summed E-state index contributed by atoms with van der Waals surface area (Å²) in [4.78, 5) is 13.1. The fraction of sp³-hybridized carbons (Fsp3) is 0.300. The molecule has 1 aromatic carbocycles. The van der Waals surface area contributed by atoms with Crippen molar-refractivity contribution in [2.45, 2.75) is 0 Å². The first-order chi connectivity index (χ1) is 6.56. The molecular formula is C10H12ClNO2. The minimum absolute atomic E-state index is 0.357. The molecule has 0 unspecified atom stereocenters. The highest BCUT2D eigenvalue weighted by Gasteiger charge is 2.09. The van der Waals surface area contributed by atoms with Gasteiger partial charge in [-0.1, -0.05) is 11.6 Å². The molecule has 76 valence electrons. The molecule has 0 aliphatic carbocycles. The SMILES string of the molecule is COC(=O)c1ccc(Cl)c(N(C)C)c1. The number of methoxy groups -OCH3 is 1. The van der Waals surface area contributed by atoms with Crippen LogP contribution in [0, 0.1) is 0 Å². The molecule has 4 heteroatoms. The number of esters is 1. The van der Waals surface area contributed by atoms with Crippen LogP contribution in [0.3, 0.4) is 0 Å². The quantitative estimate of drug-likeness (QED) is 0.706. The van der Waals surface area contributed by atoms with Gasteiger partial charge in [0.2, 0.25) is 0 Å². The molecule has 3 nitrogen and oxygen atoms in total. The van der Waals surface area contributed by atoms with Crippen LogP contribution in [0.4, 0.5) is 5.69 Å². The lowest BCUT2D eigenvalue weighted by Crippen LogP contribution is -2.11. The first-order valence-corrected chi connectivity index (χ1v) is 4.49. The summed E-state index contributed by atoms with van der Waals surface area (Å²) in [6, 6.07) is 5.03. The zero-order valence-corrected chi connectivity index (χ0v) is 9.13. The molecule has 0 atom stereocenters. The Labute approximate surface area is 88.2 Å². The first-order valence-electron chi connectivity index (χ1n) is 4.11. The average molecular weight is 214 g/mol. The van der Waals surface area contributed by atoms with E-state index in [0.717, 1.165) is 5.69 Å². The van der Waals surface area contributed by atoms with Crippen LogP contribution in [0.1, 0.15) is 10.4 Å². The lowest BCUT2D eigenvalue weighted by Gasteiger charge is -2.14. The van der Waals surface area contributed by atoms with E-state index in [9.17, 15) is 4.79 Å². The second-order valence-corrected chi connectivity index (χ2v) is 3.46. The Morgan fingerprint density at radius 2 is 2.07 bits per heavy atom. The first kappa shape index (κ1) is 10.9. The molecule has 0 amide bonds. The van der Waals surface area contributed by atoms with Gasteiger partial charge in [0.15, 0.2) is 0 Å². The predicted octanol–water partition coefficient (Wildman–Crippen LogP) is 2.19. The van der Waals surface area contributed by atoms with Crippen LogP contribution >= 0.6 is 11.6 Å². The van der Waals surface area contributed by atoms with Gasteiger partial charge >= 0.3 is 5.97 Å². The van der Waals surface area contributed by atoms with Gasteiger partial charge in [0.1, 0.15) is 0 Å². The van der Waals surface area contributed by atoms with Crippen LogP contribution in [0.5, 0.6) is 0 Å². The van der Waals surface area contributed by atoms with Crippen molar-refractivity contribution in [3.63, 3.8) is 0 Å². The average Bonchev–Trinajstić information content (AvgIpc) is 2.17. The van der Waals surface area contributed by atoms with E-state index in [-0.39, 0.29) is 5.97 Å². The van der Waals surface area contributed by atoms with Crippen LogP contribution < -0.4 is 4.90 Å². The van der Waals surface area contributed by atoms with Crippen molar-refractivity contribution in [3.8, 4) is 0 Å². The minimum Gasteiger partial charge on any atom is -0.465 e. The Bertz CT molecular complexity index is 350. The number of anilines is 1. The maximum atomic E-state index is 11.2. The molecule has 0 N–H and O–H groups in total. The molecule has 1 aromatic rings. The topological polar surface area (TPSA) is 29.5 Å². The Morgan fingerprint density at radius 3 is 2.57 bits per heavy atom. The van der Waals surface area contributed by atoms with E-state index in [1.165, 1.54) is 7.11 Å². The molecule has 0 radical (unpaired) electrons. The largest absolute Gasteiger partial charge is 0.465 e. The van der Waals surface area contributed by atoms with Crippen molar-refractivity contribution in [2.75, 3.05) is 26.1 Å². The van der Waals surface area contributed by atoms with Gasteiger partial charge in [0.25, 0.3) is 0 Å². The minimum atomic E-state index is -0.357. The summed E-state index contributed by atoms with van der Waals surface area (Å²) in [5.74, 6) is -0.357. The van der Waals surface area contributed by atoms with E-state index in [4.69, 9.17) is 11.6 Å². The number of hydrogen-bond acceptors (Lipinski definition) is 3. The second kappa shape index (κ2) is 4.33. The summed E-state index contributed by atoms with van der Waals surface area (Å²) in [6.45, 7) is 0. The fourth-order valence-corrected chi connectivity index (χ4v) is 1.39. The number of carbonyl (C=O) groups is 1.